The molecule has 52 heavy (non-hydrogen) atoms. The third-order valence-electron chi connectivity index (χ3n) is 10.3. The van der Waals surface area contributed by atoms with E-state index in [2.05, 4.69) is 26.3 Å². The third kappa shape index (κ3) is 7.16. The summed E-state index contributed by atoms with van der Waals surface area (Å²) in [6.45, 7) is 4.34. The highest BCUT2D eigenvalue weighted by Gasteiger charge is 2.51. The van der Waals surface area contributed by atoms with Crippen molar-refractivity contribution in [1.29, 1.82) is 0 Å². The Balaban J connectivity index is 1.19. The number of imidazole rings is 1. The number of hydrogen-bond acceptors (Lipinski definition) is 10. The van der Waals surface area contributed by atoms with Crippen LogP contribution in [-0.4, -0.2) is 116 Å². The number of aliphatic hydroxyl groups is 2. The largest absolute Gasteiger partial charge is 0.471 e. The molecule has 1 aliphatic carbocycles. The molecule has 2 saturated heterocycles. The van der Waals surface area contributed by atoms with Gasteiger partial charge in [-0.3, -0.25) is 4.79 Å². The molecule has 4 aromatic rings. The van der Waals surface area contributed by atoms with Crippen molar-refractivity contribution in [3.8, 4) is 0 Å². The van der Waals surface area contributed by atoms with Crippen LogP contribution < -0.4 is 26.2 Å². The number of halogens is 3. The number of nitrogens with zero attached hydrogens (tertiary/aromatic N) is 6. The Labute approximate surface area is 297 Å². The van der Waals surface area contributed by atoms with E-state index in [1.54, 1.807) is 11.5 Å². The van der Waals surface area contributed by atoms with Crippen molar-refractivity contribution < 1.29 is 33.0 Å². The Morgan fingerprint density at radius 3 is 2.60 bits per heavy atom. The lowest BCUT2D eigenvalue weighted by Crippen LogP contribution is -2.51. The van der Waals surface area contributed by atoms with Gasteiger partial charge in [0.1, 0.15) is 12.2 Å². The van der Waals surface area contributed by atoms with Gasteiger partial charge >= 0.3 is 18.1 Å². The highest BCUT2D eigenvalue weighted by atomic mass is 19.4. The molecule has 17 heteroatoms. The first kappa shape index (κ1) is 35.7. The lowest BCUT2D eigenvalue weighted by Gasteiger charge is -2.31. The predicted octanol–water partition coefficient (Wildman–Crippen LogP) is 2.67. The van der Waals surface area contributed by atoms with Crippen LogP contribution in [0.25, 0.3) is 21.9 Å². The van der Waals surface area contributed by atoms with Gasteiger partial charge < -0.3 is 45.8 Å². The monoisotopic (exact) mass is 724 g/mol. The van der Waals surface area contributed by atoms with E-state index in [1.807, 2.05) is 47.4 Å². The summed E-state index contributed by atoms with van der Waals surface area (Å²) in [4.78, 5) is 42.0. The van der Waals surface area contributed by atoms with Gasteiger partial charge in [0.15, 0.2) is 17.0 Å². The summed E-state index contributed by atoms with van der Waals surface area (Å²) in [5.41, 5.74) is 1.68. The van der Waals surface area contributed by atoms with E-state index in [9.17, 15) is 33.0 Å². The van der Waals surface area contributed by atoms with Crippen molar-refractivity contribution in [2.45, 2.75) is 81.7 Å². The fourth-order valence-electron chi connectivity index (χ4n) is 7.68. The van der Waals surface area contributed by atoms with E-state index in [1.165, 1.54) is 6.33 Å². The molecule has 6 atom stereocenters. The van der Waals surface area contributed by atoms with Crippen LogP contribution in [0.5, 0.6) is 0 Å². The molecule has 7 rings (SSSR count). The number of hydrogen-bond donors (Lipinski definition) is 6. The van der Waals surface area contributed by atoms with Crippen molar-refractivity contribution in [2.75, 3.05) is 42.9 Å². The number of nitrogens with one attached hydrogen (secondary N) is 4. The van der Waals surface area contributed by atoms with E-state index in [0.29, 0.717) is 53.9 Å². The quantitative estimate of drug-likeness (QED) is 0.143. The molecular weight excluding hydrogens is 681 g/mol. The Morgan fingerprint density at radius 1 is 1.04 bits per heavy atom. The number of urea groups is 1. The molecule has 278 valence electrons. The third-order valence-corrected chi connectivity index (χ3v) is 10.3. The molecule has 14 nitrogen and oxygen atoms in total. The van der Waals surface area contributed by atoms with E-state index in [-0.39, 0.29) is 37.5 Å². The second-order valence-electron chi connectivity index (χ2n) is 13.8. The maximum Gasteiger partial charge on any atom is 0.471 e. The molecule has 2 aliphatic heterocycles. The average molecular weight is 725 g/mol. The summed E-state index contributed by atoms with van der Waals surface area (Å²) >= 11 is 0. The minimum Gasteiger partial charge on any atom is -0.388 e. The smallest absolute Gasteiger partial charge is 0.388 e. The van der Waals surface area contributed by atoms with Gasteiger partial charge in [-0.1, -0.05) is 49.4 Å². The molecule has 3 fully saturated rings. The van der Waals surface area contributed by atoms with Gasteiger partial charge in [-0.2, -0.15) is 23.1 Å². The van der Waals surface area contributed by atoms with Gasteiger partial charge in [-0.25, -0.2) is 9.78 Å². The zero-order chi connectivity index (χ0) is 36.6. The number of anilines is 2. The number of fused-ring (bicyclic) bond motifs is 2. The number of amides is 3. The summed E-state index contributed by atoms with van der Waals surface area (Å²) in [6.07, 6.45) is -5.27. The average Bonchev–Trinajstić information content (AvgIpc) is 3.94. The molecular formula is C35H43F3N10O4. The topological polar surface area (TPSA) is 173 Å². The lowest BCUT2D eigenvalue weighted by atomic mass is 10.0. The van der Waals surface area contributed by atoms with Gasteiger partial charge in [0.2, 0.25) is 5.95 Å². The van der Waals surface area contributed by atoms with Crippen LogP contribution >= 0.6 is 0 Å². The molecule has 1 unspecified atom stereocenters. The van der Waals surface area contributed by atoms with Crippen molar-refractivity contribution in [2.24, 2.45) is 0 Å². The van der Waals surface area contributed by atoms with Crippen LogP contribution in [0.1, 0.15) is 44.2 Å². The molecule has 2 aromatic carbocycles. The first-order chi connectivity index (χ1) is 25.0. The van der Waals surface area contributed by atoms with Crippen LogP contribution in [0.2, 0.25) is 0 Å². The fourth-order valence-corrected chi connectivity index (χ4v) is 7.68. The van der Waals surface area contributed by atoms with Crippen molar-refractivity contribution in [3.63, 3.8) is 0 Å². The molecule has 4 heterocycles. The lowest BCUT2D eigenvalue weighted by molar-refractivity contribution is -0.190. The molecule has 2 aromatic heterocycles. The van der Waals surface area contributed by atoms with Crippen LogP contribution in [0.4, 0.5) is 29.7 Å². The summed E-state index contributed by atoms with van der Waals surface area (Å²) in [5.74, 6) is -1.32. The van der Waals surface area contributed by atoms with Crippen molar-refractivity contribution in [3.05, 3.63) is 54.4 Å². The van der Waals surface area contributed by atoms with Crippen LogP contribution in [0.15, 0.2) is 48.8 Å². The zero-order valence-corrected chi connectivity index (χ0v) is 28.7. The first-order valence-electron chi connectivity index (χ1n) is 17.7. The van der Waals surface area contributed by atoms with Gasteiger partial charge in [0.25, 0.3) is 0 Å². The second-order valence-corrected chi connectivity index (χ2v) is 13.8. The Hall–Kier alpha value is -4.74. The molecule has 0 radical (unpaired) electrons. The van der Waals surface area contributed by atoms with Crippen molar-refractivity contribution >= 4 is 45.6 Å². The minimum atomic E-state index is -5.14. The van der Waals surface area contributed by atoms with Crippen molar-refractivity contribution in [1.82, 2.24) is 40.4 Å². The van der Waals surface area contributed by atoms with Gasteiger partial charge in [-0.05, 0) is 48.6 Å². The molecule has 3 aliphatic rings. The standard InChI is InChI=1S/C35H43F3N10O4/c1-2-13-47(32(51)35(36,37)38)25-15-26(29(50)28(25)49)48-19-41-27-30(40-16-21-8-5-7-20-6-3-4-9-24(20)21)44-33(45-31(27)48)46-14-11-23(18-46)43-34(52)42-22-10-12-39-17-22/h3-9,19,22-23,25-26,28-29,39,49-50H,2,10-18H2,1H3,(H,40,44,45)(H2,42,43,52)/t22?,23-,25+,26-,28-,29+/m1/s1. The highest BCUT2D eigenvalue weighted by molar-refractivity contribution is 5.87. The Morgan fingerprint density at radius 2 is 1.83 bits per heavy atom. The maximum atomic E-state index is 13.6. The Kier molecular flexibility index (Phi) is 10.1. The predicted molar refractivity (Wildman–Crippen MR) is 188 cm³/mol. The Bertz CT molecular complexity index is 1910. The maximum absolute atomic E-state index is 13.6. The van der Waals surface area contributed by atoms with Crippen LogP contribution in [0.3, 0.4) is 0 Å². The van der Waals surface area contributed by atoms with Crippen LogP contribution in [0, 0.1) is 0 Å². The van der Waals surface area contributed by atoms with Crippen LogP contribution in [-0.2, 0) is 11.3 Å². The molecule has 6 N–H and O–H groups in total. The first-order valence-corrected chi connectivity index (χ1v) is 17.7. The zero-order valence-electron chi connectivity index (χ0n) is 28.7. The van der Waals surface area contributed by atoms with E-state index in [4.69, 9.17) is 9.97 Å². The number of carbonyl (C=O) groups is 2. The summed E-state index contributed by atoms with van der Waals surface area (Å²) in [5, 5.41) is 37.1. The molecule has 0 bridgehead atoms. The summed E-state index contributed by atoms with van der Waals surface area (Å²) in [6, 6.07) is 11.5. The number of aliphatic hydroxyl groups excluding tert-OH is 2. The number of aromatic nitrogens is 4. The summed E-state index contributed by atoms with van der Waals surface area (Å²) in [7, 11) is 0. The van der Waals surface area contributed by atoms with Gasteiger partial charge in [0.05, 0.1) is 18.4 Å². The van der Waals surface area contributed by atoms with E-state index < -0.39 is 36.4 Å². The van der Waals surface area contributed by atoms with E-state index >= 15 is 0 Å². The number of alkyl halides is 3. The van der Waals surface area contributed by atoms with Gasteiger partial charge in [-0.15, -0.1) is 0 Å². The summed E-state index contributed by atoms with van der Waals surface area (Å²) < 4.78 is 42.3. The van der Waals surface area contributed by atoms with Gasteiger partial charge in [0, 0.05) is 44.8 Å². The van der Waals surface area contributed by atoms with E-state index in [0.717, 1.165) is 35.8 Å². The highest BCUT2D eigenvalue weighted by Crippen LogP contribution is 2.38. The fraction of sp³-hybridized carbons (Fsp3) is 0.514. The normalized spacial score (nSPS) is 24.8. The number of benzene rings is 2. The molecule has 3 amide bonds. The minimum absolute atomic E-state index is 0.0728. The molecule has 1 saturated carbocycles. The molecule has 0 spiro atoms. The number of rotatable bonds is 10. The second kappa shape index (κ2) is 14.7. The number of carbonyl (C=O) groups excluding carboxylic acids is 2. The SMILES string of the molecule is CCCN(C(=O)C(F)(F)F)[C@H]1C[C@@H](n2cnc3c(NCc4cccc5ccccc45)nc(N4CC[C@@H](NC(=O)NC5CCNC5)C4)nc32)[C@H](O)[C@@H]1O.